The Hall–Kier alpha value is -0.0800. The summed E-state index contributed by atoms with van der Waals surface area (Å²) in [5.41, 5.74) is 0. The average Bonchev–Trinajstić information content (AvgIpc) is 2.19. The standard InChI is InChI=1S/C13H26O2/c1-11(10-15-2)8-13(14)9-12-6-4-3-5-7-12/h11-14H,3-10H2,1-2H3. The molecule has 1 N–H and O–H groups in total. The van der Waals surface area contributed by atoms with Crippen LogP contribution in [0.3, 0.4) is 0 Å². The van der Waals surface area contributed by atoms with Crippen LogP contribution in [-0.2, 0) is 4.74 Å². The highest BCUT2D eigenvalue weighted by molar-refractivity contribution is 4.71. The quantitative estimate of drug-likeness (QED) is 0.736. The summed E-state index contributed by atoms with van der Waals surface area (Å²) in [5.74, 6) is 1.26. The molecule has 1 aliphatic carbocycles. The number of hydrogen-bond donors (Lipinski definition) is 1. The lowest BCUT2D eigenvalue weighted by molar-refractivity contribution is 0.0802. The third-order valence-corrected chi connectivity index (χ3v) is 3.46. The summed E-state index contributed by atoms with van der Waals surface area (Å²) in [6.45, 7) is 2.91. The highest BCUT2D eigenvalue weighted by Gasteiger charge is 2.18. The van der Waals surface area contributed by atoms with Gasteiger partial charge in [0.2, 0.25) is 0 Å². The number of ether oxygens (including phenoxy) is 1. The molecule has 0 aromatic heterocycles. The summed E-state index contributed by atoms with van der Waals surface area (Å²) in [7, 11) is 1.73. The van der Waals surface area contributed by atoms with Crippen LogP contribution in [0.25, 0.3) is 0 Å². The largest absolute Gasteiger partial charge is 0.393 e. The Balaban J connectivity index is 2.13. The fraction of sp³-hybridized carbons (Fsp3) is 1.00. The minimum atomic E-state index is -0.113. The van der Waals surface area contributed by atoms with Gasteiger partial charge in [0.05, 0.1) is 6.10 Å². The number of methoxy groups -OCH3 is 1. The topological polar surface area (TPSA) is 29.5 Å². The smallest absolute Gasteiger partial charge is 0.0546 e. The first-order chi connectivity index (χ1) is 7.22. The third-order valence-electron chi connectivity index (χ3n) is 3.46. The van der Waals surface area contributed by atoms with Crippen molar-refractivity contribution in [1.29, 1.82) is 0 Å². The number of hydrogen-bond acceptors (Lipinski definition) is 2. The Kier molecular flexibility index (Phi) is 6.26. The number of rotatable bonds is 6. The molecule has 1 rings (SSSR count). The van der Waals surface area contributed by atoms with E-state index in [4.69, 9.17) is 4.74 Å². The van der Waals surface area contributed by atoms with Crippen molar-refractivity contribution in [2.24, 2.45) is 11.8 Å². The Morgan fingerprint density at radius 1 is 1.27 bits per heavy atom. The molecule has 15 heavy (non-hydrogen) atoms. The van der Waals surface area contributed by atoms with Crippen LogP contribution in [0.4, 0.5) is 0 Å². The monoisotopic (exact) mass is 214 g/mol. The number of aliphatic hydroxyl groups excluding tert-OH is 1. The molecule has 1 aliphatic rings. The van der Waals surface area contributed by atoms with Gasteiger partial charge in [-0.2, -0.15) is 0 Å². The van der Waals surface area contributed by atoms with Crippen molar-refractivity contribution in [2.75, 3.05) is 13.7 Å². The van der Waals surface area contributed by atoms with Gasteiger partial charge in [-0.25, -0.2) is 0 Å². The Morgan fingerprint density at radius 3 is 2.53 bits per heavy atom. The summed E-state index contributed by atoms with van der Waals surface area (Å²) in [4.78, 5) is 0. The van der Waals surface area contributed by atoms with Gasteiger partial charge in [0.15, 0.2) is 0 Å². The maximum Gasteiger partial charge on any atom is 0.0546 e. The van der Waals surface area contributed by atoms with Crippen molar-refractivity contribution in [3.63, 3.8) is 0 Å². The van der Waals surface area contributed by atoms with Crippen molar-refractivity contribution in [3.05, 3.63) is 0 Å². The fourth-order valence-electron chi connectivity index (χ4n) is 2.72. The van der Waals surface area contributed by atoms with Crippen LogP contribution in [-0.4, -0.2) is 24.9 Å². The molecule has 0 saturated heterocycles. The molecule has 2 nitrogen and oxygen atoms in total. The van der Waals surface area contributed by atoms with E-state index < -0.39 is 0 Å². The van der Waals surface area contributed by atoms with Gasteiger partial charge in [-0.3, -0.25) is 0 Å². The molecule has 90 valence electrons. The van der Waals surface area contributed by atoms with E-state index in [0.29, 0.717) is 5.92 Å². The lowest BCUT2D eigenvalue weighted by Crippen LogP contribution is -2.20. The Bertz CT molecular complexity index is 153. The van der Waals surface area contributed by atoms with E-state index in [2.05, 4.69) is 6.92 Å². The van der Waals surface area contributed by atoms with Crippen molar-refractivity contribution in [1.82, 2.24) is 0 Å². The molecule has 0 aromatic carbocycles. The van der Waals surface area contributed by atoms with Crippen molar-refractivity contribution >= 4 is 0 Å². The predicted octanol–water partition coefficient (Wildman–Crippen LogP) is 2.99. The second-order valence-corrected chi connectivity index (χ2v) is 5.19. The molecule has 2 heteroatoms. The zero-order chi connectivity index (χ0) is 11.1. The van der Waals surface area contributed by atoms with Gasteiger partial charge in [-0.1, -0.05) is 39.0 Å². The summed E-state index contributed by atoms with van der Waals surface area (Å²) in [6.07, 6.45) is 8.57. The third kappa shape index (κ3) is 5.53. The molecule has 1 saturated carbocycles. The van der Waals surface area contributed by atoms with Gasteiger partial charge in [0.25, 0.3) is 0 Å². The molecule has 2 atom stereocenters. The van der Waals surface area contributed by atoms with Crippen LogP contribution in [0.15, 0.2) is 0 Å². The Morgan fingerprint density at radius 2 is 1.93 bits per heavy atom. The van der Waals surface area contributed by atoms with Crippen LogP contribution in [0.5, 0.6) is 0 Å². The van der Waals surface area contributed by atoms with Crippen LogP contribution in [0.2, 0.25) is 0 Å². The van der Waals surface area contributed by atoms with E-state index in [1.54, 1.807) is 7.11 Å². The van der Waals surface area contributed by atoms with Crippen molar-refractivity contribution < 1.29 is 9.84 Å². The molecule has 0 heterocycles. The van der Waals surface area contributed by atoms with E-state index >= 15 is 0 Å². The fourth-order valence-corrected chi connectivity index (χ4v) is 2.72. The highest BCUT2D eigenvalue weighted by atomic mass is 16.5. The SMILES string of the molecule is COCC(C)CC(O)CC1CCCCC1. The van der Waals surface area contributed by atoms with E-state index in [1.807, 2.05) is 0 Å². The van der Waals surface area contributed by atoms with Crippen LogP contribution in [0, 0.1) is 11.8 Å². The van der Waals surface area contributed by atoms with Crippen LogP contribution in [0.1, 0.15) is 51.9 Å². The van der Waals surface area contributed by atoms with Crippen molar-refractivity contribution in [2.45, 2.75) is 58.0 Å². The second kappa shape index (κ2) is 7.24. The lowest BCUT2D eigenvalue weighted by atomic mass is 9.84. The molecule has 2 unspecified atom stereocenters. The molecular weight excluding hydrogens is 188 g/mol. The van der Waals surface area contributed by atoms with E-state index in [1.165, 1.54) is 32.1 Å². The zero-order valence-corrected chi connectivity index (χ0v) is 10.2. The molecule has 0 aliphatic heterocycles. The maximum absolute atomic E-state index is 9.94. The minimum absolute atomic E-state index is 0.113. The number of aliphatic hydroxyl groups is 1. The second-order valence-electron chi connectivity index (χ2n) is 5.19. The van der Waals surface area contributed by atoms with E-state index in [9.17, 15) is 5.11 Å². The minimum Gasteiger partial charge on any atom is -0.393 e. The molecule has 0 bridgehead atoms. The van der Waals surface area contributed by atoms with Gasteiger partial charge in [0, 0.05) is 13.7 Å². The Labute approximate surface area is 94.0 Å². The summed E-state index contributed by atoms with van der Waals surface area (Å²) in [6, 6.07) is 0. The van der Waals surface area contributed by atoms with Gasteiger partial charge >= 0.3 is 0 Å². The summed E-state index contributed by atoms with van der Waals surface area (Å²) < 4.78 is 5.08. The van der Waals surface area contributed by atoms with Gasteiger partial charge in [0.1, 0.15) is 0 Å². The summed E-state index contributed by atoms with van der Waals surface area (Å²) >= 11 is 0. The molecular formula is C13H26O2. The van der Waals surface area contributed by atoms with Gasteiger partial charge in [-0.15, -0.1) is 0 Å². The van der Waals surface area contributed by atoms with Crippen LogP contribution >= 0.6 is 0 Å². The highest BCUT2D eigenvalue weighted by Crippen LogP contribution is 2.28. The van der Waals surface area contributed by atoms with Gasteiger partial charge < -0.3 is 9.84 Å². The summed E-state index contributed by atoms with van der Waals surface area (Å²) in [5, 5.41) is 9.94. The lowest BCUT2D eigenvalue weighted by Gasteiger charge is -2.25. The molecule has 0 aromatic rings. The molecule has 1 fully saturated rings. The van der Waals surface area contributed by atoms with Gasteiger partial charge in [-0.05, 0) is 24.7 Å². The first kappa shape index (κ1) is 13.0. The first-order valence-corrected chi connectivity index (χ1v) is 6.39. The predicted molar refractivity (Wildman–Crippen MR) is 62.9 cm³/mol. The molecule has 0 amide bonds. The maximum atomic E-state index is 9.94. The molecule has 0 spiro atoms. The average molecular weight is 214 g/mol. The van der Waals surface area contributed by atoms with Crippen molar-refractivity contribution in [3.8, 4) is 0 Å². The van der Waals surface area contributed by atoms with E-state index in [-0.39, 0.29) is 6.10 Å². The normalized spacial score (nSPS) is 22.6. The first-order valence-electron chi connectivity index (χ1n) is 6.39. The van der Waals surface area contributed by atoms with Crippen LogP contribution < -0.4 is 0 Å². The zero-order valence-electron chi connectivity index (χ0n) is 10.2. The van der Waals surface area contributed by atoms with E-state index in [0.717, 1.165) is 25.4 Å². The molecule has 0 radical (unpaired) electrons.